The smallest absolute Gasteiger partial charge is 0.328 e. The SMILES string of the molecule is O=C1CCN(c2ccc(COc3c(-c4csc(N5CCOCC5)n4)ccc(F)c3F)cc2)C(=O)N1. The van der Waals surface area contributed by atoms with Crippen molar-refractivity contribution in [1.82, 2.24) is 10.3 Å². The molecule has 11 heteroatoms. The normalized spacial score (nSPS) is 16.4. The van der Waals surface area contributed by atoms with Crippen molar-refractivity contribution in [3.05, 3.63) is 59.0 Å². The zero-order valence-corrected chi connectivity index (χ0v) is 19.4. The molecule has 1 aromatic heterocycles. The van der Waals surface area contributed by atoms with Crippen LogP contribution in [0.15, 0.2) is 41.8 Å². The summed E-state index contributed by atoms with van der Waals surface area (Å²) < 4.78 is 39.9. The fourth-order valence-electron chi connectivity index (χ4n) is 3.90. The van der Waals surface area contributed by atoms with Crippen molar-refractivity contribution in [1.29, 1.82) is 0 Å². The van der Waals surface area contributed by atoms with Gasteiger partial charge in [0.1, 0.15) is 6.61 Å². The predicted molar refractivity (Wildman–Crippen MR) is 127 cm³/mol. The van der Waals surface area contributed by atoms with Gasteiger partial charge in [0.05, 0.1) is 18.9 Å². The predicted octanol–water partition coefficient (Wildman–Crippen LogP) is 3.95. The molecule has 0 aliphatic carbocycles. The Morgan fingerprint density at radius 3 is 2.57 bits per heavy atom. The molecule has 8 nitrogen and oxygen atoms in total. The minimum Gasteiger partial charge on any atom is -0.485 e. The minimum absolute atomic E-state index is 0.0151. The number of urea groups is 1. The maximum absolute atomic E-state index is 14.8. The number of nitrogens with one attached hydrogen (secondary N) is 1. The number of carbonyl (C=O) groups is 2. The molecule has 35 heavy (non-hydrogen) atoms. The molecule has 0 bridgehead atoms. The Bertz CT molecular complexity index is 1240. The summed E-state index contributed by atoms with van der Waals surface area (Å²) in [6, 6.07) is 8.94. The van der Waals surface area contributed by atoms with Crippen LogP contribution in [0.1, 0.15) is 12.0 Å². The van der Waals surface area contributed by atoms with E-state index in [1.54, 1.807) is 29.6 Å². The van der Waals surface area contributed by atoms with Gasteiger partial charge in [-0.2, -0.15) is 4.39 Å². The van der Waals surface area contributed by atoms with Crippen molar-refractivity contribution in [2.24, 2.45) is 0 Å². The average Bonchev–Trinajstić information content (AvgIpc) is 3.36. The Hall–Kier alpha value is -3.57. The number of ether oxygens (including phenoxy) is 2. The first kappa shape index (κ1) is 23.2. The van der Waals surface area contributed by atoms with E-state index in [1.807, 2.05) is 0 Å². The third-order valence-corrected chi connectivity index (χ3v) is 6.69. The van der Waals surface area contributed by atoms with Gasteiger partial charge in [0.2, 0.25) is 11.7 Å². The van der Waals surface area contributed by atoms with Gasteiger partial charge < -0.3 is 14.4 Å². The van der Waals surface area contributed by atoms with E-state index >= 15 is 0 Å². The third kappa shape index (κ3) is 4.96. The van der Waals surface area contributed by atoms with Crippen LogP contribution in [0, 0.1) is 11.6 Å². The zero-order chi connectivity index (χ0) is 24.4. The van der Waals surface area contributed by atoms with Gasteiger partial charge in [0.15, 0.2) is 16.7 Å². The van der Waals surface area contributed by atoms with Crippen molar-refractivity contribution in [3.63, 3.8) is 0 Å². The molecule has 3 amide bonds. The van der Waals surface area contributed by atoms with Crippen LogP contribution in [0.5, 0.6) is 5.75 Å². The molecule has 2 aromatic carbocycles. The Balaban J connectivity index is 1.32. The van der Waals surface area contributed by atoms with E-state index in [4.69, 9.17) is 9.47 Å². The van der Waals surface area contributed by atoms with Crippen LogP contribution in [-0.4, -0.2) is 49.8 Å². The van der Waals surface area contributed by atoms with Gasteiger partial charge in [-0.25, -0.2) is 14.2 Å². The molecule has 0 atom stereocenters. The summed E-state index contributed by atoms with van der Waals surface area (Å²) >= 11 is 1.43. The van der Waals surface area contributed by atoms with E-state index in [0.29, 0.717) is 42.3 Å². The Morgan fingerprint density at radius 2 is 1.83 bits per heavy atom. The van der Waals surface area contributed by atoms with Gasteiger partial charge in [0.25, 0.3) is 0 Å². The Morgan fingerprint density at radius 1 is 1.06 bits per heavy atom. The number of carbonyl (C=O) groups excluding carboxylic acids is 2. The third-order valence-electron chi connectivity index (χ3n) is 5.78. The van der Waals surface area contributed by atoms with Crippen LogP contribution in [0.4, 0.5) is 24.4 Å². The number of hydrogen-bond donors (Lipinski definition) is 1. The number of nitrogens with zero attached hydrogens (tertiary/aromatic N) is 3. The number of thiazole rings is 1. The lowest BCUT2D eigenvalue weighted by Gasteiger charge is -2.26. The standard InChI is InChI=1S/C24H22F2N4O4S/c25-18-6-5-17(19-14-35-24(27-19)29-9-11-33-12-10-29)22(21(18)26)34-13-15-1-3-16(4-2-15)30-8-7-20(31)28-23(30)32/h1-6,14H,7-13H2,(H,28,31,32). The lowest BCUT2D eigenvalue weighted by molar-refractivity contribution is -0.120. The van der Waals surface area contributed by atoms with Crippen LogP contribution < -0.4 is 19.9 Å². The van der Waals surface area contributed by atoms with Gasteiger partial charge in [-0.05, 0) is 29.8 Å². The van der Waals surface area contributed by atoms with Crippen molar-refractivity contribution < 1.29 is 27.8 Å². The fourth-order valence-corrected chi connectivity index (χ4v) is 4.78. The first-order chi connectivity index (χ1) is 17.0. The summed E-state index contributed by atoms with van der Waals surface area (Å²) in [6.45, 7) is 2.96. The molecule has 1 N–H and O–H groups in total. The summed E-state index contributed by atoms with van der Waals surface area (Å²) in [4.78, 5) is 31.5. The molecule has 182 valence electrons. The number of morpholine rings is 1. The molecule has 5 rings (SSSR count). The van der Waals surface area contributed by atoms with Crippen LogP contribution >= 0.6 is 11.3 Å². The number of hydrogen-bond acceptors (Lipinski definition) is 7. The highest BCUT2D eigenvalue weighted by Gasteiger charge is 2.24. The van der Waals surface area contributed by atoms with Gasteiger partial charge in [-0.15, -0.1) is 11.3 Å². The van der Waals surface area contributed by atoms with Crippen LogP contribution in [-0.2, 0) is 16.1 Å². The van der Waals surface area contributed by atoms with Crippen molar-refractivity contribution in [2.75, 3.05) is 42.6 Å². The largest absolute Gasteiger partial charge is 0.485 e. The highest BCUT2D eigenvalue weighted by atomic mass is 32.1. The number of anilines is 2. The molecule has 2 fully saturated rings. The molecule has 2 saturated heterocycles. The molecular formula is C24H22F2N4O4S. The van der Waals surface area contributed by atoms with Crippen molar-refractivity contribution in [2.45, 2.75) is 13.0 Å². The zero-order valence-electron chi connectivity index (χ0n) is 18.6. The summed E-state index contributed by atoms with van der Waals surface area (Å²) in [5.74, 6) is -2.59. The molecule has 0 spiro atoms. The second-order valence-electron chi connectivity index (χ2n) is 8.06. The monoisotopic (exact) mass is 500 g/mol. The average molecular weight is 501 g/mol. The first-order valence-electron chi connectivity index (χ1n) is 11.1. The van der Waals surface area contributed by atoms with E-state index < -0.39 is 17.7 Å². The van der Waals surface area contributed by atoms with Crippen molar-refractivity contribution >= 4 is 34.1 Å². The van der Waals surface area contributed by atoms with Gasteiger partial charge in [-0.3, -0.25) is 15.0 Å². The number of rotatable bonds is 6. The van der Waals surface area contributed by atoms with E-state index in [0.717, 1.165) is 24.3 Å². The van der Waals surface area contributed by atoms with E-state index in [2.05, 4.69) is 15.2 Å². The number of imide groups is 1. The summed E-state index contributed by atoms with van der Waals surface area (Å²) in [5, 5.41) is 4.87. The quantitative estimate of drug-likeness (QED) is 0.552. The number of benzene rings is 2. The maximum atomic E-state index is 14.8. The topological polar surface area (TPSA) is 84.0 Å². The van der Waals surface area contributed by atoms with Gasteiger partial charge in [0, 0.05) is 42.7 Å². The lowest BCUT2D eigenvalue weighted by Crippen LogP contribution is -2.49. The molecule has 0 saturated carbocycles. The number of amides is 3. The highest BCUT2D eigenvalue weighted by molar-refractivity contribution is 7.14. The molecular weight excluding hydrogens is 478 g/mol. The molecule has 3 heterocycles. The second kappa shape index (κ2) is 9.96. The lowest BCUT2D eigenvalue weighted by atomic mass is 10.1. The van der Waals surface area contributed by atoms with Gasteiger partial charge >= 0.3 is 6.03 Å². The minimum atomic E-state index is -1.07. The van der Waals surface area contributed by atoms with Crippen LogP contribution in [0.3, 0.4) is 0 Å². The number of aromatic nitrogens is 1. The first-order valence-corrected chi connectivity index (χ1v) is 12.0. The van der Waals surface area contributed by atoms with Crippen LogP contribution in [0.25, 0.3) is 11.3 Å². The van der Waals surface area contributed by atoms with Gasteiger partial charge in [-0.1, -0.05) is 12.1 Å². The molecule has 0 radical (unpaired) electrons. The Kier molecular flexibility index (Phi) is 6.60. The van der Waals surface area contributed by atoms with E-state index in [1.165, 1.54) is 22.3 Å². The molecule has 2 aliphatic heterocycles. The summed E-state index contributed by atoms with van der Waals surface area (Å²) in [7, 11) is 0. The maximum Gasteiger partial charge on any atom is 0.328 e. The summed E-state index contributed by atoms with van der Waals surface area (Å²) in [5.41, 5.74) is 2.19. The molecule has 2 aliphatic rings. The van der Waals surface area contributed by atoms with Crippen molar-refractivity contribution in [3.8, 4) is 17.0 Å². The summed E-state index contributed by atoms with van der Waals surface area (Å²) in [6.07, 6.45) is 0.224. The second-order valence-corrected chi connectivity index (χ2v) is 8.90. The van der Waals surface area contributed by atoms with E-state index in [-0.39, 0.29) is 24.7 Å². The molecule has 0 unspecified atom stereocenters. The highest BCUT2D eigenvalue weighted by Crippen LogP contribution is 2.37. The number of halogens is 2. The fraction of sp³-hybridized carbons (Fsp3) is 0.292. The Labute approximate surface area is 204 Å². The molecule has 3 aromatic rings. The van der Waals surface area contributed by atoms with E-state index in [9.17, 15) is 18.4 Å². The van der Waals surface area contributed by atoms with Crippen LogP contribution in [0.2, 0.25) is 0 Å².